The van der Waals surface area contributed by atoms with Gasteiger partial charge in [-0.05, 0) is 0 Å². The number of carbonyl (C=O) groups is 1. The predicted molar refractivity (Wildman–Crippen MR) is 46.8 cm³/mol. The van der Waals surface area contributed by atoms with Gasteiger partial charge in [0.1, 0.15) is 0 Å². The van der Waals surface area contributed by atoms with E-state index in [9.17, 15) is 4.79 Å². The van der Waals surface area contributed by atoms with Crippen LogP contribution in [0.2, 0.25) is 0 Å². The van der Waals surface area contributed by atoms with Crippen molar-refractivity contribution in [3.8, 4) is 0 Å². The highest BCUT2D eigenvalue weighted by Gasteiger charge is 2.05. The molecule has 0 saturated carbocycles. The zero-order valence-corrected chi connectivity index (χ0v) is 7.30. The van der Waals surface area contributed by atoms with Gasteiger partial charge >= 0.3 is 0 Å². The molecule has 1 N–H and O–H groups in total. The molecule has 0 aliphatic carbocycles. The van der Waals surface area contributed by atoms with Crippen LogP contribution in [-0.4, -0.2) is 15.7 Å². The second kappa shape index (κ2) is 3.40. The average molecular weight is 186 g/mol. The van der Waals surface area contributed by atoms with Crippen LogP contribution in [0.15, 0.2) is 23.9 Å². The quantitative estimate of drug-likeness (QED) is 0.702. The lowest BCUT2D eigenvalue weighted by Gasteiger charge is -1.97. The van der Waals surface area contributed by atoms with Gasteiger partial charge in [0.2, 0.25) is 0 Å². The fourth-order valence-electron chi connectivity index (χ4n) is 0.666. The van der Waals surface area contributed by atoms with E-state index in [2.05, 4.69) is 17.0 Å². The van der Waals surface area contributed by atoms with Crippen molar-refractivity contribution in [1.82, 2.24) is 9.78 Å². The number of aryl methyl sites for hydroxylation is 1. The van der Waals surface area contributed by atoms with Gasteiger partial charge in [0.15, 0.2) is 5.82 Å². The Balaban J connectivity index is 2.64. The molecule has 0 radical (unpaired) electrons. The van der Waals surface area contributed by atoms with Crippen LogP contribution >= 0.6 is 11.6 Å². The largest absolute Gasteiger partial charge is 0.304 e. The van der Waals surface area contributed by atoms with E-state index in [0.29, 0.717) is 5.82 Å². The monoisotopic (exact) mass is 185 g/mol. The number of aromatic nitrogens is 2. The molecule has 0 spiro atoms. The summed E-state index contributed by atoms with van der Waals surface area (Å²) in [7, 11) is 1.76. The van der Waals surface area contributed by atoms with Gasteiger partial charge in [-0.25, -0.2) is 0 Å². The molecule has 1 aromatic heterocycles. The Morgan fingerprint density at radius 1 is 1.83 bits per heavy atom. The number of amides is 1. The molecule has 0 bridgehead atoms. The van der Waals surface area contributed by atoms with Crippen LogP contribution in [0.25, 0.3) is 0 Å². The van der Waals surface area contributed by atoms with Crippen LogP contribution in [0.3, 0.4) is 0 Å². The maximum Gasteiger partial charge on any atom is 0.267 e. The first-order chi connectivity index (χ1) is 5.59. The van der Waals surface area contributed by atoms with E-state index < -0.39 is 5.91 Å². The highest BCUT2D eigenvalue weighted by molar-refractivity contribution is 6.43. The van der Waals surface area contributed by atoms with Gasteiger partial charge in [0.05, 0.1) is 5.03 Å². The highest BCUT2D eigenvalue weighted by Crippen LogP contribution is 2.04. The maximum atomic E-state index is 10.9. The van der Waals surface area contributed by atoms with Gasteiger partial charge in [-0.3, -0.25) is 9.48 Å². The molecule has 5 heteroatoms. The number of hydrogen-bond acceptors (Lipinski definition) is 2. The predicted octanol–water partition coefficient (Wildman–Crippen LogP) is 1.11. The van der Waals surface area contributed by atoms with Crippen molar-refractivity contribution in [1.29, 1.82) is 0 Å². The number of anilines is 1. The Bertz CT molecular complexity index is 318. The molecule has 1 amide bonds. The fraction of sp³-hybridized carbons (Fsp3) is 0.143. The molecule has 0 aromatic carbocycles. The number of nitrogens with one attached hydrogen (secondary N) is 1. The zero-order valence-electron chi connectivity index (χ0n) is 6.54. The molecule has 0 atom stereocenters. The fourth-order valence-corrected chi connectivity index (χ4v) is 0.713. The molecular formula is C7H8ClN3O. The number of halogens is 1. The Morgan fingerprint density at radius 3 is 2.92 bits per heavy atom. The Morgan fingerprint density at radius 2 is 2.50 bits per heavy atom. The minimum absolute atomic E-state index is 0.0550. The third kappa shape index (κ3) is 2.10. The molecule has 1 rings (SSSR count). The van der Waals surface area contributed by atoms with Gasteiger partial charge in [-0.15, -0.1) is 0 Å². The summed E-state index contributed by atoms with van der Waals surface area (Å²) in [5.41, 5.74) is 0. The first-order valence-electron chi connectivity index (χ1n) is 3.25. The molecule has 1 heterocycles. The van der Waals surface area contributed by atoms with Crippen LogP contribution in [0.4, 0.5) is 5.82 Å². The van der Waals surface area contributed by atoms with Crippen LogP contribution in [-0.2, 0) is 11.8 Å². The molecule has 4 nitrogen and oxygen atoms in total. The summed E-state index contributed by atoms with van der Waals surface area (Å²) < 4.78 is 1.58. The van der Waals surface area contributed by atoms with E-state index >= 15 is 0 Å². The number of carbonyl (C=O) groups excluding carboxylic acids is 1. The lowest BCUT2D eigenvalue weighted by molar-refractivity contribution is -0.112. The van der Waals surface area contributed by atoms with Crippen molar-refractivity contribution in [2.45, 2.75) is 0 Å². The van der Waals surface area contributed by atoms with Gasteiger partial charge in [0, 0.05) is 19.3 Å². The molecule has 64 valence electrons. The highest BCUT2D eigenvalue weighted by atomic mass is 35.5. The van der Waals surface area contributed by atoms with E-state index in [1.807, 2.05) is 0 Å². The normalized spacial score (nSPS) is 9.50. The Hall–Kier alpha value is -1.29. The SMILES string of the molecule is C=C(Cl)C(=O)Nc1ccn(C)n1. The van der Waals surface area contributed by atoms with Crippen LogP contribution in [0, 0.1) is 0 Å². The Labute approximate surface area is 74.8 Å². The molecule has 0 fully saturated rings. The van der Waals surface area contributed by atoms with Gasteiger partial charge in [0.25, 0.3) is 5.91 Å². The van der Waals surface area contributed by atoms with Crippen molar-refractivity contribution >= 4 is 23.3 Å². The molecule has 0 aliphatic heterocycles. The van der Waals surface area contributed by atoms with Crippen LogP contribution in [0.1, 0.15) is 0 Å². The zero-order chi connectivity index (χ0) is 9.14. The van der Waals surface area contributed by atoms with Crippen molar-refractivity contribution in [3.05, 3.63) is 23.9 Å². The number of nitrogens with zero attached hydrogens (tertiary/aromatic N) is 2. The third-order valence-electron chi connectivity index (χ3n) is 1.20. The van der Waals surface area contributed by atoms with Crippen molar-refractivity contribution in [3.63, 3.8) is 0 Å². The first kappa shape index (κ1) is 8.80. The molecule has 1 aromatic rings. The first-order valence-corrected chi connectivity index (χ1v) is 3.63. The van der Waals surface area contributed by atoms with Crippen LogP contribution < -0.4 is 5.32 Å². The Kier molecular flexibility index (Phi) is 2.50. The average Bonchev–Trinajstić information content (AvgIpc) is 2.35. The van der Waals surface area contributed by atoms with E-state index in [0.717, 1.165) is 0 Å². The number of hydrogen-bond donors (Lipinski definition) is 1. The molecule has 12 heavy (non-hydrogen) atoms. The van der Waals surface area contributed by atoms with Crippen molar-refractivity contribution in [2.24, 2.45) is 7.05 Å². The molecular weight excluding hydrogens is 178 g/mol. The number of rotatable bonds is 2. The summed E-state index contributed by atoms with van der Waals surface area (Å²) in [6.45, 7) is 3.28. The minimum atomic E-state index is -0.435. The van der Waals surface area contributed by atoms with E-state index in [1.54, 1.807) is 24.0 Å². The summed E-state index contributed by atoms with van der Waals surface area (Å²) in [6.07, 6.45) is 1.71. The van der Waals surface area contributed by atoms with Crippen molar-refractivity contribution in [2.75, 3.05) is 5.32 Å². The van der Waals surface area contributed by atoms with E-state index in [4.69, 9.17) is 11.6 Å². The molecule has 0 aliphatic rings. The summed E-state index contributed by atoms with van der Waals surface area (Å²) in [4.78, 5) is 10.9. The topological polar surface area (TPSA) is 46.9 Å². The van der Waals surface area contributed by atoms with Crippen molar-refractivity contribution < 1.29 is 4.79 Å². The minimum Gasteiger partial charge on any atom is -0.304 e. The van der Waals surface area contributed by atoms with Gasteiger partial charge in [-0.1, -0.05) is 18.2 Å². The maximum absolute atomic E-state index is 10.9. The second-order valence-electron chi connectivity index (χ2n) is 2.23. The summed E-state index contributed by atoms with van der Waals surface area (Å²) in [5, 5.41) is 6.32. The standard InChI is InChI=1S/C7H8ClN3O/c1-5(8)7(12)9-6-3-4-11(2)10-6/h3-4H,1H2,2H3,(H,9,10,12). The summed E-state index contributed by atoms with van der Waals surface area (Å²) in [6, 6.07) is 1.66. The smallest absolute Gasteiger partial charge is 0.267 e. The molecule has 0 unspecified atom stereocenters. The third-order valence-corrected chi connectivity index (χ3v) is 1.37. The second-order valence-corrected chi connectivity index (χ2v) is 2.69. The summed E-state index contributed by atoms with van der Waals surface area (Å²) >= 11 is 5.34. The van der Waals surface area contributed by atoms with Gasteiger partial charge in [-0.2, -0.15) is 5.10 Å². The molecule has 0 saturated heterocycles. The summed E-state index contributed by atoms with van der Waals surface area (Å²) in [5.74, 6) is 0.0275. The van der Waals surface area contributed by atoms with E-state index in [1.165, 1.54) is 0 Å². The van der Waals surface area contributed by atoms with E-state index in [-0.39, 0.29) is 5.03 Å². The lowest BCUT2D eigenvalue weighted by Crippen LogP contribution is -2.11. The van der Waals surface area contributed by atoms with Crippen LogP contribution in [0.5, 0.6) is 0 Å². The lowest BCUT2D eigenvalue weighted by atomic mass is 10.5. The van der Waals surface area contributed by atoms with Gasteiger partial charge < -0.3 is 5.32 Å².